The Kier molecular flexibility index (Phi) is 3.44. The third kappa shape index (κ3) is 2.47. The first kappa shape index (κ1) is 12.4. The second-order valence-corrected chi connectivity index (χ2v) is 5.11. The Hall–Kier alpha value is -1.01. The molecule has 6 heteroatoms. The SMILES string of the molecule is Cc1nc(-c2ccc(F)c(Br)c2)nc(N)c1Br. The Bertz CT molecular complexity index is 564. The van der Waals surface area contributed by atoms with Gasteiger partial charge >= 0.3 is 0 Å². The van der Waals surface area contributed by atoms with E-state index < -0.39 is 0 Å². The molecule has 88 valence electrons. The fraction of sp³-hybridized carbons (Fsp3) is 0.0909. The quantitative estimate of drug-likeness (QED) is 0.843. The van der Waals surface area contributed by atoms with Gasteiger partial charge in [-0.15, -0.1) is 0 Å². The van der Waals surface area contributed by atoms with Crippen molar-refractivity contribution in [2.24, 2.45) is 0 Å². The molecular weight excluding hydrogens is 353 g/mol. The van der Waals surface area contributed by atoms with Gasteiger partial charge in [-0.05, 0) is 57.0 Å². The summed E-state index contributed by atoms with van der Waals surface area (Å²) in [4.78, 5) is 8.44. The van der Waals surface area contributed by atoms with Gasteiger partial charge in [0.05, 0.1) is 14.6 Å². The molecule has 2 rings (SSSR count). The highest BCUT2D eigenvalue weighted by molar-refractivity contribution is 9.11. The number of nitrogen functional groups attached to an aromatic ring is 1. The number of hydrogen-bond donors (Lipinski definition) is 1. The molecular formula is C11H8Br2FN3. The lowest BCUT2D eigenvalue weighted by molar-refractivity contribution is 0.621. The summed E-state index contributed by atoms with van der Waals surface area (Å²) in [6.07, 6.45) is 0. The number of benzene rings is 1. The van der Waals surface area contributed by atoms with Crippen LogP contribution in [0.1, 0.15) is 5.69 Å². The molecule has 0 radical (unpaired) electrons. The molecule has 0 unspecified atom stereocenters. The van der Waals surface area contributed by atoms with E-state index in [9.17, 15) is 4.39 Å². The van der Waals surface area contributed by atoms with Crippen molar-refractivity contribution in [1.29, 1.82) is 0 Å². The maximum absolute atomic E-state index is 13.1. The van der Waals surface area contributed by atoms with Crippen LogP contribution in [0, 0.1) is 12.7 Å². The van der Waals surface area contributed by atoms with E-state index in [1.807, 2.05) is 6.92 Å². The highest BCUT2D eigenvalue weighted by Crippen LogP contribution is 2.27. The van der Waals surface area contributed by atoms with E-state index in [1.165, 1.54) is 6.07 Å². The standard InChI is InChI=1S/C11H8Br2FN3/c1-5-9(13)10(15)17-11(16-5)6-2-3-8(14)7(12)4-6/h2-4H,1H3,(H2,15,16,17). The Labute approximate surface area is 115 Å². The molecule has 1 heterocycles. The van der Waals surface area contributed by atoms with Crippen molar-refractivity contribution in [2.45, 2.75) is 6.92 Å². The van der Waals surface area contributed by atoms with E-state index in [4.69, 9.17) is 5.73 Å². The first-order valence-electron chi connectivity index (χ1n) is 4.74. The zero-order chi connectivity index (χ0) is 12.6. The van der Waals surface area contributed by atoms with Crippen molar-refractivity contribution in [1.82, 2.24) is 9.97 Å². The number of aryl methyl sites for hydroxylation is 1. The predicted octanol–water partition coefficient (Wildman–Crippen LogP) is 3.70. The van der Waals surface area contributed by atoms with Crippen molar-refractivity contribution in [3.63, 3.8) is 0 Å². The van der Waals surface area contributed by atoms with Crippen molar-refractivity contribution in [2.75, 3.05) is 5.73 Å². The van der Waals surface area contributed by atoms with Crippen LogP contribution in [0.15, 0.2) is 27.1 Å². The Balaban J connectivity index is 2.57. The van der Waals surface area contributed by atoms with Crippen molar-refractivity contribution >= 4 is 37.7 Å². The number of nitrogens with zero attached hydrogens (tertiary/aromatic N) is 2. The number of halogens is 3. The largest absolute Gasteiger partial charge is 0.383 e. The predicted molar refractivity (Wildman–Crippen MR) is 72.0 cm³/mol. The number of nitrogens with two attached hydrogens (primary N) is 1. The van der Waals surface area contributed by atoms with E-state index in [0.29, 0.717) is 26.2 Å². The summed E-state index contributed by atoms with van der Waals surface area (Å²) in [5.41, 5.74) is 7.20. The molecule has 0 aliphatic rings. The summed E-state index contributed by atoms with van der Waals surface area (Å²) in [7, 11) is 0. The van der Waals surface area contributed by atoms with Gasteiger partial charge in [-0.3, -0.25) is 0 Å². The number of anilines is 1. The van der Waals surface area contributed by atoms with E-state index in [-0.39, 0.29) is 5.82 Å². The van der Waals surface area contributed by atoms with Gasteiger partial charge in [0.15, 0.2) is 5.82 Å². The molecule has 2 aromatic rings. The molecule has 0 fully saturated rings. The van der Waals surface area contributed by atoms with Gasteiger partial charge in [0.1, 0.15) is 11.6 Å². The van der Waals surface area contributed by atoms with E-state index in [0.717, 1.165) is 5.69 Å². The zero-order valence-electron chi connectivity index (χ0n) is 8.84. The minimum Gasteiger partial charge on any atom is -0.383 e. The van der Waals surface area contributed by atoms with Crippen molar-refractivity contribution in [3.8, 4) is 11.4 Å². The van der Waals surface area contributed by atoms with Crippen LogP contribution in [0.3, 0.4) is 0 Å². The summed E-state index contributed by atoms with van der Waals surface area (Å²) in [5, 5.41) is 0. The maximum Gasteiger partial charge on any atom is 0.161 e. The average molecular weight is 361 g/mol. The molecule has 0 saturated carbocycles. The lowest BCUT2D eigenvalue weighted by atomic mass is 10.2. The first-order valence-corrected chi connectivity index (χ1v) is 6.32. The van der Waals surface area contributed by atoms with Crippen LogP contribution in [0.4, 0.5) is 10.2 Å². The molecule has 0 saturated heterocycles. The van der Waals surface area contributed by atoms with E-state index >= 15 is 0 Å². The van der Waals surface area contributed by atoms with Gasteiger partial charge in [-0.25, -0.2) is 14.4 Å². The third-order valence-corrected chi connectivity index (χ3v) is 3.81. The zero-order valence-corrected chi connectivity index (χ0v) is 12.0. The number of rotatable bonds is 1. The molecule has 3 nitrogen and oxygen atoms in total. The van der Waals surface area contributed by atoms with Crippen LogP contribution in [-0.2, 0) is 0 Å². The van der Waals surface area contributed by atoms with Crippen LogP contribution < -0.4 is 5.73 Å². The van der Waals surface area contributed by atoms with Crippen molar-refractivity contribution in [3.05, 3.63) is 38.7 Å². The van der Waals surface area contributed by atoms with Crippen LogP contribution in [0.2, 0.25) is 0 Å². The summed E-state index contributed by atoms with van der Waals surface area (Å²) in [6.45, 7) is 1.82. The van der Waals surface area contributed by atoms with Gasteiger partial charge in [0, 0.05) is 5.56 Å². The summed E-state index contributed by atoms with van der Waals surface area (Å²) >= 11 is 6.42. The first-order chi connectivity index (χ1) is 7.99. The molecule has 0 bridgehead atoms. The molecule has 2 N–H and O–H groups in total. The molecule has 0 atom stereocenters. The van der Waals surface area contributed by atoms with Gasteiger partial charge < -0.3 is 5.73 Å². The average Bonchev–Trinajstić information content (AvgIpc) is 2.29. The topological polar surface area (TPSA) is 51.8 Å². The number of hydrogen-bond acceptors (Lipinski definition) is 3. The normalized spacial score (nSPS) is 10.6. The molecule has 0 aliphatic carbocycles. The van der Waals surface area contributed by atoms with Crippen LogP contribution in [-0.4, -0.2) is 9.97 Å². The van der Waals surface area contributed by atoms with Gasteiger partial charge in [-0.2, -0.15) is 0 Å². The fourth-order valence-corrected chi connectivity index (χ4v) is 1.90. The monoisotopic (exact) mass is 359 g/mol. The summed E-state index contributed by atoms with van der Waals surface area (Å²) in [5.74, 6) is 0.521. The number of aromatic nitrogens is 2. The Morgan fingerprint density at radius 1 is 1.24 bits per heavy atom. The second kappa shape index (κ2) is 4.70. The molecule has 0 amide bonds. The smallest absolute Gasteiger partial charge is 0.161 e. The minimum absolute atomic E-state index is 0.324. The fourth-order valence-electron chi connectivity index (χ4n) is 1.35. The van der Waals surface area contributed by atoms with E-state index in [2.05, 4.69) is 41.8 Å². The van der Waals surface area contributed by atoms with Crippen LogP contribution >= 0.6 is 31.9 Å². The van der Waals surface area contributed by atoms with Crippen LogP contribution in [0.25, 0.3) is 11.4 Å². The Morgan fingerprint density at radius 2 is 1.94 bits per heavy atom. The van der Waals surface area contributed by atoms with Crippen LogP contribution in [0.5, 0.6) is 0 Å². The lowest BCUT2D eigenvalue weighted by Gasteiger charge is -2.06. The molecule has 0 aliphatic heterocycles. The van der Waals surface area contributed by atoms with E-state index in [1.54, 1.807) is 12.1 Å². The highest BCUT2D eigenvalue weighted by atomic mass is 79.9. The highest BCUT2D eigenvalue weighted by Gasteiger charge is 2.10. The summed E-state index contributed by atoms with van der Waals surface area (Å²) in [6, 6.07) is 4.59. The second-order valence-electron chi connectivity index (χ2n) is 3.46. The van der Waals surface area contributed by atoms with Gasteiger partial charge in [0.25, 0.3) is 0 Å². The Morgan fingerprint density at radius 3 is 2.53 bits per heavy atom. The minimum atomic E-state index is -0.324. The maximum atomic E-state index is 13.1. The summed E-state index contributed by atoms with van der Waals surface area (Å²) < 4.78 is 14.2. The van der Waals surface area contributed by atoms with Gasteiger partial charge in [0.2, 0.25) is 0 Å². The molecule has 1 aromatic carbocycles. The third-order valence-electron chi connectivity index (χ3n) is 2.22. The lowest BCUT2D eigenvalue weighted by Crippen LogP contribution is -2.00. The van der Waals surface area contributed by atoms with Gasteiger partial charge in [-0.1, -0.05) is 0 Å². The molecule has 1 aromatic heterocycles. The van der Waals surface area contributed by atoms with Crippen molar-refractivity contribution < 1.29 is 4.39 Å². The molecule has 17 heavy (non-hydrogen) atoms. The molecule has 0 spiro atoms.